The fourth-order valence-electron chi connectivity index (χ4n) is 3.35. The minimum Gasteiger partial charge on any atom is -0.476 e. The minimum atomic E-state index is -3.84. The SMILES string of the molecule is CS(=O)(=O)N1C[C@@H](C(=O)Nc2ccc(S(=O)(=O)Nc3ccc(Br)cc3)cc2)Oc2ccc(Cl)cc21. The van der Waals surface area contributed by atoms with Gasteiger partial charge in [-0.15, -0.1) is 0 Å². The summed E-state index contributed by atoms with van der Waals surface area (Å²) in [5.74, 6) is -0.394. The zero-order valence-corrected chi connectivity index (χ0v) is 22.1. The second kappa shape index (κ2) is 9.69. The smallest absolute Gasteiger partial charge is 0.267 e. The molecule has 1 atom stereocenters. The Bertz CT molecular complexity index is 1480. The second-order valence-corrected chi connectivity index (χ2v) is 12.6. The predicted octanol–water partition coefficient (Wildman–Crippen LogP) is 4.07. The first-order chi connectivity index (χ1) is 16.4. The standard InChI is InChI=1S/C22H19BrClN3O6S2/c1-34(29,30)27-13-21(33-20-11-4-15(24)12-19(20)27)22(28)25-16-7-9-18(10-8-16)35(31,32)26-17-5-2-14(23)3-6-17/h2-12,21,26H,13H2,1H3,(H,25,28)/t21-/m0/s1. The number of hydrogen-bond acceptors (Lipinski definition) is 6. The van der Waals surface area contributed by atoms with Crippen LogP contribution in [0, 0.1) is 0 Å². The molecule has 0 fully saturated rings. The Hall–Kier alpha value is -2.80. The summed E-state index contributed by atoms with van der Waals surface area (Å²) >= 11 is 9.28. The molecular weight excluding hydrogens is 582 g/mol. The van der Waals surface area contributed by atoms with Crippen LogP contribution in [-0.4, -0.2) is 41.6 Å². The number of halogens is 2. The summed E-state index contributed by atoms with van der Waals surface area (Å²) in [5.41, 5.74) is 0.961. The van der Waals surface area contributed by atoms with Crippen molar-refractivity contribution in [3.63, 3.8) is 0 Å². The van der Waals surface area contributed by atoms with E-state index in [-0.39, 0.29) is 22.9 Å². The molecule has 1 aliphatic rings. The molecule has 0 aliphatic carbocycles. The fraction of sp³-hybridized carbons (Fsp3) is 0.136. The first-order valence-corrected chi connectivity index (χ1v) is 14.6. The Morgan fingerprint density at radius 2 is 1.63 bits per heavy atom. The van der Waals surface area contributed by atoms with E-state index in [2.05, 4.69) is 26.0 Å². The van der Waals surface area contributed by atoms with E-state index in [9.17, 15) is 21.6 Å². The average Bonchev–Trinajstić information content (AvgIpc) is 2.79. The molecule has 0 radical (unpaired) electrons. The van der Waals surface area contributed by atoms with Gasteiger partial charge in [0.15, 0.2) is 6.10 Å². The molecule has 0 unspecified atom stereocenters. The van der Waals surface area contributed by atoms with Crippen LogP contribution in [-0.2, 0) is 24.8 Å². The highest BCUT2D eigenvalue weighted by atomic mass is 79.9. The zero-order valence-electron chi connectivity index (χ0n) is 18.1. The maximum Gasteiger partial charge on any atom is 0.267 e. The summed E-state index contributed by atoms with van der Waals surface area (Å²) in [5, 5.41) is 2.96. The summed E-state index contributed by atoms with van der Waals surface area (Å²) in [4.78, 5) is 12.9. The first kappa shape index (κ1) is 25.3. The molecule has 1 aliphatic heterocycles. The first-order valence-electron chi connectivity index (χ1n) is 10.1. The molecule has 3 aromatic carbocycles. The molecule has 0 bridgehead atoms. The average molecular weight is 601 g/mol. The molecule has 3 aromatic rings. The van der Waals surface area contributed by atoms with Crippen molar-refractivity contribution in [2.24, 2.45) is 0 Å². The summed E-state index contributed by atoms with van der Waals surface area (Å²) in [6.07, 6.45) is -0.111. The maximum absolute atomic E-state index is 12.8. The van der Waals surface area contributed by atoms with E-state index in [0.29, 0.717) is 16.4 Å². The fourth-order valence-corrected chi connectivity index (χ4v) is 5.74. The second-order valence-electron chi connectivity index (χ2n) is 7.64. The van der Waals surface area contributed by atoms with Crippen molar-refractivity contribution in [1.29, 1.82) is 0 Å². The summed E-state index contributed by atoms with van der Waals surface area (Å²) in [6.45, 7) is -0.248. The van der Waals surface area contributed by atoms with Gasteiger partial charge in [0.05, 0.1) is 23.4 Å². The third-order valence-electron chi connectivity index (χ3n) is 5.01. The van der Waals surface area contributed by atoms with Crippen LogP contribution in [0.1, 0.15) is 0 Å². The van der Waals surface area contributed by atoms with Gasteiger partial charge in [-0.3, -0.25) is 13.8 Å². The number of anilines is 3. The van der Waals surface area contributed by atoms with Gasteiger partial charge in [0.2, 0.25) is 10.0 Å². The van der Waals surface area contributed by atoms with Crippen molar-refractivity contribution in [1.82, 2.24) is 0 Å². The Balaban J connectivity index is 1.48. The highest BCUT2D eigenvalue weighted by Crippen LogP contribution is 2.37. The lowest BCUT2D eigenvalue weighted by Crippen LogP contribution is -2.48. The maximum atomic E-state index is 12.8. The van der Waals surface area contributed by atoms with Gasteiger partial charge in [-0.05, 0) is 66.7 Å². The highest BCUT2D eigenvalue weighted by molar-refractivity contribution is 9.10. The molecule has 0 saturated carbocycles. The highest BCUT2D eigenvalue weighted by Gasteiger charge is 2.35. The van der Waals surface area contributed by atoms with E-state index in [0.717, 1.165) is 15.0 Å². The van der Waals surface area contributed by atoms with Gasteiger partial charge in [0, 0.05) is 20.9 Å². The van der Waals surface area contributed by atoms with Crippen LogP contribution in [0.25, 0.3) is 0 Å². The van der Waals surface area contributed by atoms with Gasteiger partial charge < -0.3 is 10.1 Å². The van der Waals surface area contributed by atoms with Gasteiger partial charge in [-0.2, -0.15) is 0 Å². The van der Waals surface area contributed by atoms with Crippen LogP contribution in [0.5, 0.6) is 5.75 Å². The van der Waals surface area contributed by atoms with Crippen LogP contribution in [0.3, 0.4) is 0 Å². The van der Waals surface area contributed by atoms with E-state index in [4.69, 9.17) is 16.3 Å². The Labute approximate surface area is 216 Å². The Morgan fingerprint density at radius 1 is 1.00 bits per heavy atom. The number of carbonyl (C=O) groups is 1. The number of ether oxygens (including phenoxy) is 1. The molecule has 1 amide bonds. The monoisotopic (exact) mass is 599 g/mol. The Kier molecular flexibility index (Phi) is 7.00. The molecule has 0 spiro atoms. The van der Waals surface area contributed by atoms with Gasteiger partial charge in [-0.1, -0.05) is 27.5 Å². The van der Waals surface area contributed by atoms with Gasteiger partial charge in [0.25, 0.3) is 15.9 Å². The molecule has 184 valence electrons. The molecule has 2 N–H and O–H groups in total. The number of benzene rings is 3. The number of nitrogens with one attached hydrogen (secondary N) is 2. The van der Waals surface area contributed by atoms with E-state index in [1.165, 1.54) is 42.5 Å². The number of hydrogen-bond donors (Lipinski definition) is 2. The predicted molar refractivity (Wildman–Crippen MR) is 138 cm³/mol. The number of fused-ring (bicyclic) bond motifs is 1. The lowest BCUT2D eigenvalue weighted by molar-refractivity contribution is -0.122. The van der Waals surface area contributed by atoms with Crippen LogP contribution < -0.4 is 19.1 Å². The van der Waals surface area contributed by atoms with Crippen LogP contribution in [0.4, 0.5) is 17.1 Å². The molecule has 13 heteroatoms. The van der Waals surface area contributed by atoms with Crippen molar-refractivity contribution >= 4 is 70.5 Å². The quantitative estimate of drug-likeness (QED) is 0.440. The lowest BCUT2D eigenvalue weighted by Gasteiger charge is -2.34. The molecule has 0 saturated heterocycles. The third-order valence-corrected chi connectivity index (χ3v) is 8.32. The van der Waals surface area contributed by atoms with Gasteiger partial charge in [-0.25, -0.2) is 16.8 Å². The number of sulfonamides is 2. The largest absolute Gasteiger partial charge is 0.476 e. The number of nitrogens with zero attached hydrogens (tertiary/aromatic N) is 1. The third kappa shape index (κ3) is 5.89. The van der Waals surface area contributed by atoms with Crippen molar-refractivity contribution in [2.75, 3.05) is 27.1 Å². The van der Waals surface area contributed by atoms with Crippen molar-refractivity contribution in [3.05, 3.63) is 76.2 Å². The molecule has 4 rings (SSSR count). The topological polar surface area (TPSA) is 122 Å². The van der Waals surface area contributed by atoms with Gasteiger partial charge in [0.1, 0.15) is 5.75 Å². The lowest BCUT2D eigenvalue weighted by atomic mass is 10.2. The molecule has 0 aromatic heterocycles. The van der Waals surface area contributed by atoms with Crippen molar-refractivity contribution in [3.8, 4) is 5.75 Å². The van der Waals surface area contributed by atoms with Crippen molar-refractivity contribution in [2.45, 2.75) is 11.0 Å². The normalized spacial score (nSPS) is 15.6. The van der Waals surface area contributed by atoms with E-state index >= 15 is 0 Å². The van der Waals surface area contributed by atoms with E-state index < -0.39 is 32.1 Å². The van der Waals surface area contributed by atoms with Gasteiger partial charge >= 0.3 is 0 Å². The van der Waals surface area contributed by atoms with E-state index in [1.54, 1.807) is 24.3 Å². The molecule has 1 heterocycles. The number of rotatable bonds is 6. The Morgan fingerprint density at radius 3 is 2.26 bits per heavy atom. The number of carbonyl (C=O) groups excluding carboxylic acids is 1. The minimum absolute atomic E-state index is 0.00129. The van der Waals surface area contributed by atoms with Crippen LogP contribution in [0.15, 0.2) is 76.1 Å². The summed E-state index contributed by atoms with van der Waals surface area (Å²) < 4.78 is 59.9. The molecule has 9 nitrogen and oxygen atoms in total. The molecular formula is C22H19BrClN3O6S2. The molecule has 35 heavy (non-hydrogen) atoms. The van der Waals surface area contributed by atoms with Crippen LogP contribution in [0.2, 0.25) is 5.02 Å². The van der Waals surface area contributed by atoms with Crippen molar-refractivity contribution < 1.29 is 26.4 Å². The summed E-state index contributed by atoms with van der Waals surface area (Å²) in [7, 11) is -7.55. The summed E-state index contributed by atoms with van der Waals surface area (Å²) in [6, 6.07) is 16.7. The van der Waals surface area contributed by atoms with Crippen LogP contribution >= 0.6 is 27.5 Å². The van der Waals surface area contributed by atoms with E-state index in [1.807, 2.05) is 0 Å². The number of amides is 1. The zero-order chi connectivity index (χ0) is 25.4.